The summed E-state index contributed by atoms with van der Waals surface area (Å²) in [5.74, 6) is 0.0263. The summed E-state index contributed by atoms with van der Waals surface area (Å²) in [6, 6.07) is 15.8. The second kappa shape index (κ2) is 8.88. The largest absolute Gasteiger partial charge is 0.370 e. The number of halogens is 1. The molecular weight excluding hydrogens is 334 g/mol. The van der Waals surface area contributed by atoms with Crippen LogP contribution in [0.5, 0.6) is 0 Å². The zero-order valence-corrected chi connectivity index (χ0v) is 15.1. The van der Waals surface area contributed by atoms with E-state index < -0.39 is 0 Å². The predicted octanol–water partition coefficient (Wildman–Crippen LogP) is 3.03. The number of rotatable bonds is 6. The van der Waals surface area contributed by atoms with E-state index in [0.717, 1.165) is 41.6 Å². The molecule has 1 aliphatic heterocycles. The number of amides is 1. The van der Waals surface area contributed by atoms with Crippen molar-refractivity contribution in [2.75, 3.05) is 29.9 Å². The number of para-hydroxylation sites is 2. The minimum Gasteiger partial charge on any atom is -0.370 e. The van der Waals surface area contributed by atoms with Gasteiger partial charge in [0, 0.05) is 23.7 Å². The molecule has 0 aromatic heterocycles. The molecule has 132 valence electrons. The molecule has 1 aliphatic rings. The maximum atomic E-state index is 12.3. The van der Waals surface area contributed by atoms with Crippen LogP contribution < -0.4 is 15.5 Å². The van der Waals surface area contributed by atoms with E-state index in [1.165, 1.54) is 19.3 Å². The lowest BCUT2D eigenvalue weighted by atomic mass is 10.1. The van der Waals surface area contributed by atoms with E-state index in [9.17, 15) is 4.79 Å². The highest BCUT2D eigenvalue weighted by molar-refractivity contribution is 6.30. The van der Waals surface area contributed by atoms with Crippen LogP contribution in [0.3, 0.4) is 0 Å². The number of piperidine rings is 1. The van der Waals surface area contributed by atoms with Crippen LogP contribution >= 0.6 is 11.6 Å². The summed E-state index contributed by atoms with van der Waals surface area (Å²) >= 11 is 5.89. The fourth-order valence-corrected chi connectivity index (χ4v) is 3.31. The third-order valence-electron chi connectivity index (χ3n) is 4.50. The van der Waals surface area contributed by atoms with Gasteiger partial charge in [0.2, 0.25) is 0 Å². The summed E-state index contributed by atoms with van der Waals surface area (Å²) in [5.41, 5.74) is 3.20. The number of anilines is 2. The Labute approximate surface area is 154 Å². The van der Waals surface area contributed by atoms with Crippen LogP contribution in [0.1, 0.15) is 24.8 Å². The van der Waals surface area contributed by atoms with Crippen molar-refractivity contribution in [3.05, 3.63) is 59.1 Å². The zero-order valence-electron chi connectivity index (χ0n) is 14.4. The highest BCUT2D eigenvalue weighted by atomic mass is 35.5. The lowest BCUT2D eigenvalue weighted by Gasteiger charge is -2.30. The molecule has 0 unspecified atom stereocenters. The smallest absolute Gasteiger partial charge is 0.279 e. The van der Waals surface area contributed by atoms with Gasteiger partial charge in [-0.2, -0.15) is 0 Å². The average molecular weight is 359 g/mol. The number of carbonyl (C=O) groups excluding carboxylic acids is 1. The van der Waals surface area contributed by atoms with E-state index in [0.29, 0.717) is 6.54 Å². The van der Waals surface area contributed by atoms with Crippen molar-refractivity contribution in [2.24, 2.45) is 0 Å². The maximum absolute atomic E-state index is 12.3. The molecule has 1 saturated heterocycles. The fourth-order valence-electron chi connectivity index (χ4n) is 3.18. The van der Waals surface area contributed by atoms with Crippen LogP contribution in [-0.2, 0) is 11.3 Å². The maximum Gasteiger partial charge on any atom is 0.279 e. The van der Waals surface area contributed by atoms with Crippen LogP contribution in [0.2, 0.25) is 5.02 Å². The molecule has 3 N–H and O–H groups in total. The molecule has 5 heteroatoms. The van der Waals surface area contributed by atoms with Gasteiger partial charge in [0.1, 0.15) is 6.54 Å². The first-order chi connectivity index (χ1) is 12.2. The number of hydrogen-bond acceptors (Lipinski definition) is 2. The predicted molar refractivity (Wildman–Crippen MR) is 103 cm³/mol. The third-order valence-corrected chi connectivity index (χ3v) is 4.75. The van der Waals surface area contributed by atoms with Gasteiger partial charge < -0.3 is 15.5 Å². The Balaban J connectivity index is 1.53. The highest BCUT2D eigenvalue weighted by Crippen LogP contribution is 2.28. The van der Waals surface area contributed by atoms with Crippen LogP contribution in [0.15, 0.2) is 48.5 Å². The van der Waals surface area contributed by atoms with E-state index in [-0.39, 0.29) is 5.91 Å². The van der Waals surface area contributed by atoms with Gasteiger partial charge in [-0.15, -0.1) is 0 Å². The second-order valence-corrected chi connectivity index (χ2v) is 6.87. The molecule has 0 aliphatic carbocycles. The van der Waals surface area contributed by atoms with E-state index in [1.807, 2.05) is 47.8 Å². The summed E-state index contributed by atoms with van der Waals surface area (Å²) in [6.45, 7) is 3.29. The summed E-state index contributed by atoms with van der Waals surface area (Å²) in [6.07, 6.45) is 3.74. The SMILES string of the molecule is O=C(C[NH2+]Cc1ccc(Cl)cc1)Nc1ccccc1N1CCCCC1. The van der Waals surface area contributed by atoms with Gasteiger partial charge >= 0.3 is 0 Å². The Morgan fingerprint density at radius 2 is 1.76 bits per heavy atom. The number of benzene rings is 2. The minimum atomic E-state index is 0.0263. The van der Waals surface area contributed by atoms with Crippen molar-refractivity contribution in [3.63, 3.8) is 0 Å². The fraction of sp³-hybridized carbons (Fsp3) is 0.350. The molecule has 0 bridgehead atoms. The van der Waals surface area contributed by atoms with E-state index >= 15 is 0 Å². The molecule has 2 aromatic carbocycles. The summed E-state index contributed by atoms with van der Waals surface area (Å²) < 4.78 is 0. The van der Waals surface area contributed by atoms with Crippen LogP contribution in [-0.4, -0.2) is 25.5 Å². The van der Waals surface area contributed by atoms with E-state index in [2.05, 4.69) is 16.3 Å². The molecule has 0 atom stereocenters. The molecule has 0 saturated carbocycles. The molecule has 1 heterocycles. The van der Waals surface area contributed by atoms with Gasteiger partial charge in [-0.05, 0) is 43.5 Å². The van der Waals surface area contributed by atoms with Gasteiger partial charge in [0.15, 0.2) is 6.54 Å². The van der Waals surface area contributed by atoms with Crippen molar-refractivity contribution < 1.29 is 10.1 Å². The topological polar surface area (TPSA) is 49.0 Å². The van der Waals surface area contributed by atoms with Gasteiger partial charge in [0.25, 0.3) is 5.91 Å². The van der Waals surface area contributed by atoms with E-state index in [4.69, 9.17) is 11.6 Å². The quantitative estimate of drug-likeness (QED) is 0.833. The number of nitrogens with two attached hydrogens (primary N) is 1. The number of quaternary nitrogens is 1. The van der Waals surface area contributed by atoms with Crippen LogP contribution in [0.25, 0.3) is 0 Å². The van der Waals surface area contributed by atoms with Crippen LogP contribution in [0, 0.1) is 0 Å². The molecular formula is C20H25ClN3O+. The first-order valence-corrected chi connectivity index (χ1v) is 9.30. The Kier molecular flexibility index (Phi) is 6.31. The normalized spacial score (nSPS) is 14.4. The monoisotopic (exact) mass is 358 g/mol. The van der Waals surface area contributed by atoms with Crippen molar-refractivity contribution in [2.45, 2.75) is 25.8 Å². The molecule has 4 nitrogen and oxygen atoms in total. The van der Waals surface area contributed by atoms with Gasteiger partial charge in [-0.25, -0.2) is 0 Å². The lowest BCUT2D eigenvalue weighted by Crippen LogP contribution is -2.84. The molecule has 1 fully saturated rings. The first-order valence-electron chi connectivity index (χ1n) is 8.92. The third kappa shape index (κ3) is 5.21. The number of hydrogen-bond donors (Lipinski definition) is 2. The Hall–Kier alpha value is -2.04. The molecule has 0 radical (unpaired) electrons. The number of nitrogens with zero attached hydrogens (tertiary/aromatic N) is 1. The van der Waals surface area contributed by atoms with Gasteiger partial charge in [-0.3, -0.25) is 4.79 Å². The van der Waals surface area contributed by atoms with Crippen molar-refractivity contribution >= 4 is 28.9 Å². The Morgan fingerprint density at radius 1 is 1.04 bits per heavy atom. The van der Waals surface area contributed by atoms with Crippen molar-refractivity contribution in [3.8, 4) is 0 Å². The number of carbonyl (C=O) groups is 1. The highest BCUT2D eigenvalue weighted by Gasteiger charge is 2.15. The first kappa shape index (κ1) is 17.8. The number of nitrogens with one attached hydrogen (secondary N) is 1. The van der Waals surface area contributed by atoms with Crippen LogP contribution in [0.4, 0.5) is 11.4 Å². The average Bonchev–Trinajstić information content (AvgIpc) is 2.64. The molecule has 0 spiro atoms. The standard InChI is InChI=1S/C20H24ClN3O/c21-17-10-8-16(9-11-17)14-22-15-20(25)23-18-6-2-3-7-19(18)24-12-4-1-5-13-24/h2-3,6-11,22H,1,4-5,12-15H2,(H,23,25)/p+1. The zero-order chi connectivity index (χ0) is 17.5. The lowest BCUT2D eigenvalue weighted by molar-refractivity contribution is -0.659. The molecule has 25 heavy (non-hydrogen) atoms. The molecule has 3 rings (SSSR count). The Bertz CT molecular complexity index is 696. The minimum absolute atomic E-state index is 0.0263. The van der Waals surface area contributed by atoms with E-state index in [1.54, 1.807) is 0 Å². The molecule has 2 aromatic rings. The summed E-state index contributed by atoms with van der Waals surface area (Å²) in [7, 11) is 0. The van der Waals surface area contributed by atoms with Crippen molar-refractivity contribution in [1.82, 2.24) is 0 Å². The van der Waals surface area contributed by atoms with Gasteiger partial charge in [0.05, 0.1) is 11.4 Å². The second-order valence-electron chi connectivity index (χ2n) is 6.44. The summed E-state index contributed by atoms with van der Waals surface area (Å²) in [4.78, 5) is 14.7. The molecule has 1 amide bonds. The summed E-state index contributed by atoms with van der Waals surface area (Å²) in [5, 5.41) is 5.80. The Morgan fingerprint density at radius 3 is 2.52 bits per heavy atom. The van der Waals surface area contributed by atoms with Gasteiger partial charge in [-0.1, -0.05) is 35.9 Å². The van der Waals surface area contributed by atoms with Crippen molar-refractivity contribution in [1.29, 1.82) is 0 Å².